The lowest BCUT2D eigenvalue weighted by Gasteiger charge is -2.11. The van der Waals surface area contributed by atoms with E-state index in [0.717, 1.165) is 37.1 Å². The van der Waals surface area contributed by atoms with Gasteiger partial charge < -0.3 is 16.4 Å². The molecule has 1 amide bonds. The van der Waals surface area contributed by atoms with Crippen LogP contribution >= 0.6 is 12.2 Å². The van der Waals surface area contributed by atoms with E-state index in [9.17, 15) is 4.79 Å². The summed E-state index contributed by atoms with van der Waals surface area (Å²) in [4.78, 5) is 11.9. The molecule has 4 N–H and O–H groups in total. The smallest absolute Gasteiger partial charge is 0.227 e. The van der Waals surface area contributed by atoms with Gasteiger partial charge in [0, 0.05) is 17.3 Å². The Kier molecular flexibility index (Phi) is 4.15. The van der Waals surface area contributed by atoms with Crippen molar-refractivity contribution in [1.82, 2.24) is 0 Å². The summed E-state index contributed by atoms with van der Waals surface area (Å²) in [6, 6.07) is 7.35. The lowest BCUT2D eigenvalue weighted by Crippen LogP contribution is -2.20. The van der Waals surface area contributed by atoms with Crippen molar-refractivity contribution in [2.75, 3.05) is 10.6 Å². The Bertz CT molecular complexity index is 438. The predicted octanol–water partition coefficient (Wildman–Crippen LogP) is 2.47. The van der Waals surface area contributed by atoms with E-state index in [1.54, 1.807) is 0 Å². The van der Waals surface area contributed by atoms with Gasteiger partial charge >= 0.3 is 0 Å². The first-order chi connectivity index (χ1) is 8.65. The number of rotatable bonds is 3. The van der Waals surface area contributed by atoms with Gasteiger partial charge in [-0.1, -0.05) is 12.8 Å². The summed E-state index contributed by atoms with van der Waals surface area (Å²) in [6.45, 7) is 0. The standard InChI is InChI=1S/C13H17N3OS/c14-13(18)16-11-7-5-10(6-8-11)15-12(17)9-3-1-2-4-9/h5-9H,1-4H2,(H,15,17)(H3,14,16,18). The van der Waals surface area contributed by atoms with Crippen LogP contribution in [0.25, 0.3) is 0 Å². The third-order valence-corrected chi connectivity index (χ3v) is 3.25. The minimum Gasteiger partial charge on any atom is -0.376 e. The monoisotopic (exact) mass is 263 g/mol. The molecule has 0 aromatic heterocycles. The summed E-state index contributed by atoms with van der Waals surface area (Å²) >= 11 is 4.75. The van der Waals surface area contributed by atoms with Gasteiger partial charge in [0.05, 0.1) is 0 Å². The lowest BCUT2D eigenvalue weighted by atomic mass is 10.1. The molecule has 0 saturated heterocycles. The summed E-state index contributed by atoms with van der Waals surface area (Å²) < 4.78 is 0. The molecule has 0 aliphatic heterocycles. The van der Waals surface area contributed by atoms with Gasteiger partial charge in [-0.3, -0.25) is 4.79 Å². The Hall–Kier alpha value is -1.62. The van der Waals surface area contributed by atoms with Crippen LogP contribution in [0.4, 0.5) is 11.4 Å². The molecule has 0 heterocycles. The average Bonchev–Trinajstić information content (AvgIpc) is 2.84. The number of thiocarbonyl (C=S) groups is 1. The van der Waals surface area contributed by atoms with Gasteiger partial charge in [-0.25, -0.2) is 0 Å². The number of carbonyl (C=O) groups excluding carboxylic acids is 1. The maximum Gasteiger partial charge on any atom is 0.227 e. The Morgan fingerprint density at radius 1 is 1.11 bits per heavy atom. The van der Waals surface area contributed by atoms with Crippen molar-refractivity contribution in [1.29, 1.82) is 0 Å². The van der Waals surface area contributed by atoms with Crippen molar-refractivity contribution in [3.05, 3.63) is 24.3 Å². The van der Waals surface area contributed by atoms with E-state index in [1.807, 2.05) is 24.3 Å². The van der Waals surface area contributed by atoms with Crippen LogP contribution in [0.1, 0.15) is 25.7 Å². The maximum atomic E-state index is 11.9. The SMILES string of the molecule is NC(=S)Nc1ccc(NC(=O)C2CCCC2)cc1. The molecule has 0 radical (unpaired) electrons. The van der Waals surface area contributed by atoms with Crippen molar-refractivity contribution < 1.29 is 4.79 Å². The van der Waals surface area contributed by atoms with Gasteiger partial charge in [0.2, 0.25) is 5.91 Å². The van der Waals surface area contributed by atoms with E-state index in [0.29, 0.717) is 0 Å². The number of carbonyl (C=O) groups is 1. The molecule has 4 nitrogen and oxygen atoms in total. The van der Waals surface area contributed by atoms with Crippen LogP contribution in [0, 0.1) is 5.92 Å². The van der Waals surface area contributed by atoms with Crippen LogP contribution in [0.15, 0.2) is 24.3 Å². The number of hydrogen-bond acceptors (Lipinski definition) is 2. The highest BCUT2D eigenvalue weighted by molar-refractivity contribution is 7.80. The summed E-state index contributed by atoms with van der Waals surface area (Å²) in [5.74, 6) is 0.307. The van der Waals surface area contributed by atoms with E-state index in [2.05, 4.69) is 10.6 Å². The van der Waals surface area contributed by atoms with Crippen LogP contribution in [0.3, 0.4) is 0 Å². The van der Waals surface area contributed by atoms with Gasteiger partial charge in [0.1, 0.15) is 0 Å². The fourth-order valence-electron chi connectivity index (χ4n) is 2.21. The minimum absolute atomic E-state index is 0.127. The lowest BCUT2D eigenvalue weighted by molar-refractivity contribution is -0.119. The number of amides is 1. The van der Waals surface area contributed by atoms with Crippen molar-refractivity contribution >= 4 is 34.6 Å². The van der Waals surface area contributed by atoms with Crippen LogP contribution < -0.4 is 16.4 Å². The molecule has 1 aromatic carbocycles. The molecule has 1 aliphatic rings. The molecular formula is C13H17N3OS. The van der Waals surface area contributed by atoms with Crippen LogP contribution in [0.2, 0.25) is 0 Å². The second-order valence-corrected chi connectivity index (χ2v) is 4.98. The molecule has 0 spiro atoms. The van der Waals surface area contributed by atoms with Gasteiger partial charge in [-0.2, -0.15) is 0 Å². The zero-order valence-corrected chi connectivity index (χ0v) is 10.9. The zero-order valence-electron chi connectivity index (χ0n) is 10.1. The van der Waals surface area contributed by atoms with Crippen molar-refractivity contribution in [3.63, 3.8) is 0 Å². The van der Waals surface area contributed by atoms with E-state index in [1.165, 1.54) is 0 Å². The Morgan fingerprint density at radius 2 is 1.61 bits per heavy atom. The Balaban J connectivity index is 1.93. The van der Waals surface area contributed by atoms with Gasteiger partial charge in [0.15, 0.2) is 5.11 Å². The fourth-order valence-corrected chi connectivity index (χ4v) is 2.33. The topological polar surface area (TPSA) is 67.2 Å². The molecule has 2 rings (SSSR count). The summed E-state index contributed by atoms with van der Waals surface area (Å²) in [5, 5.41) is 6.00. The van der Waals surface area contributed by atoms with Crippen molar-refractivity contribution in [3.8, 4) is 0 Å². The van der Waals surface area contributed by atoms with E-state index in [4.69, 9.17) is 18.0 Å². The molecule has 96 valence electrons. The number of benzene rings is 1. The molecule has 0 atom stereocenters. The molecule has 0 unspecified atom stereocenters. The maximum absolute atomic E-state index is 11.9. The highest BCUT2D eigenvalue weighted by atomic mass is 32.1. The zero-order chi connectivity index (χ0) is 13.0. The van der Waals surface area contributed by atoms with Gasteiger partial charge in [-0.05, 0) is 49.3 Å². The third kappa shape index (κ3) is 3.43. The fraction of sp³-hybridized carbons (Fsp3) is 0.385. The molecule has 5 heteroatoms. The molecule has 18 heavy (non-hydrogen) atoms. The normalized spacial score (nSPS) is 15.3. The first-order valence-corrected chi connectivity index (χ1v) is 6.53. The number of nitrogens with one attached hydrogen (secondary N) is 2. The number of anilines is 2. The van der Waals surface area contributed by atoms with Crippen molar-refractivity contribution in [2.45, 2.75) is 25.7 Å². The molecule has 0 bridgehead atoms. The molecular weight excluding hydrogens is 246 g/mol. The first kappa shape index (κ1) is 12.8. The van der Waals surface area contributed by atoms with Gasteiger partial charge in [-0.15, -0.1) is 0 Å². The Morgan fingerprint density at radius 3 is 2.11 bits per heavy atom. The number of hydrogen-bond donors (Lipinski definition) is 3. The van der Waals surface area contributed by atoms with Gasteiger partial charge in [0.25, 0.3) is 0 Å². The summed E-state index contributed by atoms with van der Waals surface area (Å²) in [6.07, 6.45) is 4.34. The average molecular weight is 263 g/mol. The highest BCUT2D eigenvalue weighted by Crippen LogP contribution is 2.26. The second-order valence-electron chi connectivity index (χ2n) is 4.54. The first-order valence-electron chi connectivity index (χ1n) is 6.12. The molecule has 1 aromatic rings. The minimum atomic E-state index is 0.127. The third-order valence-electron chi connectivity index (χ3n) is 3.15. The second kappa shape index (κ2) is 5.82. The highest BCUT2D eigenvalue weighted by Gasteiger charge is 2.22. The van der Waals surface area contributed by atoms with E-state index >= 15 is 0 Å². The van der Waals surface area contributed by atoms with Crippen molar-refractivity contribution in [2.24, 2.45) is 11.7 Å². The molecule has 1 fully saturated rings. The predicted molar refractivity (Wildman–Crippen MR) is 77.4 cm³/mol. The number of nitrogens with two attached hydrogens (primary N) is 1. The van der Waals surface area contributed by atoms with E-state index in [-0.39, 0.29) is 16.9 Å². The summed E-state index contributed by atoms with van der Waals surface area (Å²) in [7, 11) is 0. The largest absolute Gasteiger partial charge is 0.376 e. The Labute approximate surface area is 112 Å². The molecule has 1 aliphatic carbocycles. The quantitative estimate of drug-likeness (QED) is 0.733. The van der Waals surface area contributed by atoms with Crippen LogP contribution in [0.5, 0.6) is 0 Å². The molecule has 1 saturated carbocycles. The van der Waals surface area contributed by atoms with Crippen LogP contribution in [-0.2, 0) is 4.79 Å². The summed E-state index contributed by atoms with van der Waals surface area (Å²) in [5.41, 5.74) is 7.00. The van der Waals surface area contributed by atoms with Crippen LogP contribution in [-0.4, -0.2) is 11.0 Å². The van der Waals surface area contributed by atoms with E-state index < -0.39 is 0 Å².